The van der Waals surface area contributed by atoms with Crippen LogP contribution in [0.25, 0.3) is 0 Å². The number of nitrogens with one attached hydrogen (secondary N) is 1. The number of nitrogens with two attached hydrogens (primary N) is 1. The highest BCUT2D eigenvalue weighted by Crippen LogP contribution is 2.37. The van der Waals surface area contributed by atoms with Gasteiger partial charge in [-0.25, -0.2) is 0 Å². The molecular weight excluding hydrogens is 284 g/mol. The first-order chi connectivity index (χ1) is 7.63. The molecule has 0 radical (unpaired) electrons. The van der Waals surface area contributed by atoms with Crippen molar-refractivity contribution >= 4 is 38.8 Å². The Morgan fingerprint density at radius 1 is 1.62 bits per heavy atom. The summed E-state index contributed by atoms with van der Waals surface area (Å²) in [5.41, 5.74) is 7.70. The van der Waals surface area contributed by atoms with Crippen LogP contribution in [0, 0.1) is 5.92 Å². The van der Waals surface area contributed by atoms with Crippen LogP contribution in [0.3, 0.4) is 0 Å². The summed E-state index contributed by atoms with van der Waals surface area (Å²) in [5, 5.41) is 3.51. The van der Waals surface area contributed by atoms with E-state index in [1.807, 2.05) is 18.2 Å². The van der Waals surface area contributed by atoms with Gasteiger partial charge >= 0.3 is 0 Å². The highest BCUT2D eigenvalue weighted by molar-refractivity contribution is 9.10. The fourth-order valence-electron chi connectivity index (χ4n) is 1.97. The van der Waals surface area contributed by atoms with Gasteiger partial charge in [-0.1, -0.05) is 31.6 Å². The fourth-order valence-corrected chi connectivity index (χ4v) is 2.90. The maximum atomic E-state index is 5.74. The molecule has 3 N–H and O–H groups in total. The zero-order valence-electron chi connectivity index (χ0n) is 9.16. The van der Waals surface area contributed by atoms with E-state index in [-0.39, 0.29) is 0 Å². The molecule has 4 heteroatoms. The summed E-state index contributed by atoms with van der Waals surface area (Å²) in [6, 6.07) is 6.58. The van der Waals surface area contributed by atoms with Crippen LogP contribution < -0.4 is 11.1 Å². The molecule has 0 amide bonds. The highest BCUT2D eigenvalue weighted by Gasteiger charge is 2.35. The Kier molecular flexibility index (Phi) is 3.50. The van der Waals surface area contributed by atoms with Gasteiger partial charge in [-0.3, -0.25) is 0 Å². The summed E-state index contributed by atoms with van der Waals surface area (Å²) in [6.45, 7) is 2.22. The zero-order chi connectivity index (χ0) is 11.7. The molecule has 16 heavy (non-hydrogen) atoms. The van der Waals surface area contributed by atoms with Crippen LogP contribution in [0.1, 0.15) is 25.3 Å². The van der Waals surface area contributed by atoms with Gasteiger partial charge in [0.05, 0.1) is 0 Å². The van der Waals surface area contributed by atoms with Gasteiger partial charge in [0.15, 0.2) is 0 Å². The van der Waals surface area contributed by atoms with E-state index in [1.165, 1.54) is 12.8 Å². The summed E-state index contributed by atoms with van der Waals surface area (Å²) in [4.78, 5) is 0.434. The average molecular weight is 299 g/mol. The monoisotopic (exact) mass is 298 g/mol. The van der Waals surface area contributed by atoms with Crippen LogP contribution in [-0.2, 0) is 0 Å². The van der Waals surface area contributed by atoms with Crippen molar-refractivity contribution in [2.75, 3.05) is 5.32 Å². The largest absolute Gasteiger partial charge is 0.389 e. The van der Waals surface area contributed by atoms with Gasteiger partial charge in [-0.15, -0.1) is 0 Å². The van der Waals surface area contributed by atoms with Gasteiger partial charge in [0.1, 0.15) is 4.99 Å². The van der Waals surface area contributed by atoms with Crippen LogP contribution in [0.15, 0.2) is 22.7 Å². The second-order valence-electron chi connectivity index (χ2n) is 4.18. The van der Waals surface area contributed by atoms with Crippen molar-refractivity contribution in [2.24, 2.45) is 11.7 Å². The molecule has 1 fully saturated rings. The number of hydrogen-bond acceptors (Lipinski definition) is 2. The second-order valence-corrected chi connectivity index (χ2v) is 5.48. The van der Waals surface area contributed by atoms with Gasteiger partial charge in [-0.05, 0) is 40.4 Å². The Morgan fingerprint density at radius 2 is 2.38 bits per heavy atom. The van der Waals surface area contributed by atoms with Crippen molar-refractivity contribution in [3.63, 3.8) is 0 Å². The van der Waals surface area contributed by atoms with E-state index in [2.05, 4.69) is 28.2 Å². The van der Waals surface area contributed by atoms with E-state index in [1.54, 1.807) is 0 Å². The molecule has 0 aliphatic heterocycles. The molecule has 1 aliphatic carbocycles. The molecule has 1 saturated carbocycles. The second kappa shape index (κ2) is 4.72. The molecule has 1 aliphatic rings. The predicted octanol–water partition coefficient (Wildman–Crippen LogP) is 3.29. The highest BCUT2D eigenvalue weighted by atomic mass is 79.9. The van der Waals surface area contributed by atoms with Crippen molar-refractivity contribution in [1.82, 2.24) is 0 Å². The van der Waals surface area contributed by atoms with Gasteiger partial charge in [0.25, 0.3) is 0 Å². The SMILES string of the molecule is CCC1CC1Nc1cccc(Br)c1C(N)=S. The lowest BCUT2D eigenvalue weighted by Gasteiger charge is -2.12. The summed E-state index contributed by atoms with van der Waals surface area (Å²) < 4.78 is 0.957. The lowest BCUT2D eigenvalue weighted by Crippen LogP contribution is -2.15. The predicted molar refractivity (Wildman–Crippen MR) is 75.8 cm³/mol. The van der Waals surface area contributed by atoms with Crippen molar-refractivity contribution in [1.29, 1.82) is 0 Å². The molecule has 2 nitrogen and oxygen atoms in total. The zero-order valence-corrected chi connectivity index (χ0v) is 11.6. The molecule has 1 aromatic carbocycles. The average Bonchev–Trinajstić information content (AvgIpc) is 2.96. The van der Waals surface area contributed by atoms with Gasteiger partial charge < -0.3 is 11.1 Å². The molecule has 0 saturated heterocycles. The van der Waals surface area contributed by atoms with E-state index in [9.17, 15) is 0 Å². The summed E-state index contributed by atoms with van der Waals surface area (Å²) in [5.74, 6) is 0.804. The quantitative estimate of drug-likeness (QED) is 0.838. The number of thiocarbonyl (C=S) groups is 1. The molecule has 1 aromatic rings. The van der Waals surface area contributed by atoms with Crippen LogP contribution in [0.4, 0.5) is 5.69 Å². The number of benzene rings is 1. The number of rotatable bonds is 4. The molecule has 0 heterocycles. The molecule has 86 valence electrons. The van der Waals surface area contributed by atoms with E-state index in [0.717, 1.165) is 21.6 Å². The van der Waals surface area contributed by atoms with Gasteiger partial charge in [-0.2, -0.15) is 0 Å². The van der Waals surface area contributed by atoms with E-state index >= 15 is 0 Å². The topological polar surface area (TPSA) is 38.0 Å². The van der Waals surface area contributed by atoms with E-state index in [4.69, 9.17) is 18.0 Å². The summed E-state index contributed by atoms with van der Waals surface area (Å²) in [7, 11) is 0. The lowest BCUT2D eigenvalue weighted by molar-refractivity contribution is 0.775. The Balaban J connectivity index is 2.20. The minimum atomic E-state index is 0.434. The van der Waals surface area contributed by atoms with Crippen molar-refractivity contribution < 1.29 is 0 Å². The van der Waals surface area contributed by atoms with Crippen LogP contribution in [0.2, 0.25) is 0 Å². The Hall–Kier alpha value is -0.610. The summed E-state index contributed by atoms with van der Waals surface area (Å²) in [6.07, 6.45) is 2.48. The van der Waals surface area contributed by atoms with Crippen LogP contribution in [-0.4, -0.2) is 11.0 Å². The van der Waals surface area contributed by atoms with Gasteiger partial charge in [0.2, 0.25) is 0 Å². The number of anilines is 1. The Labute approximate surface area is 110 Å². The number of halogens is 1. The maximum absolute atomic E-state index is 5.74. The van der Waals surface area contributed by atoms with Crippen molar-refractivity contribution in [3.8, 4) is 0 Å². The molecule has 2 unspecified atom stereocenters. The number of hydrogen-bond donors (Lipinski definition) is 2. The molecule has 2 atom stereocenters. The van der Waals surface area contributed by atoms with Crippen LogP contribution in [0.5, 0.6) is 0 Å². The third-order valence-electron chi connectivity index (χ3n) is 3.05. The smallest absolute Gasteiger partial charge is 0.107 e. The first kappa shape index (κ1) is 11.9. The minimum absolute atomic E-state index is 0.434. The molecular formula is C12H15BrN2S. The molecule has 2 rings (SSSR count). The van der Waals surface area contributed by atoms with Gasteiger partial charge in [0, 0.05) is 21.8 Å². The molecule has 0 aromatic heterocycles. The fraction of sp³-hybridized carbons (Fsp3) is 0.417. The Bertz CT molecular complexity index is 419. The van der Waals surface area contributed by atoms with E-state index in [0.29, 0.717) is 11.0 Å². The van der Waals surface area contributed by atoms with E-state index < -0.39 is 0 Å². The normalized spacial score (nSPS) is 22.9. The van der Waals surface area contributed by atoms with Crippen molar-refractivity contribution in [3.05, 3.63) is 28.2 Å². The third kappa shape index (κ3) is 2.38. The third-order valence-corrected chi connectivity index (χ3v) is 3.91. The van der Waals surface area contributed by atoms with Crippen molar-refractivity contribution in [2.45, 2.75) is 25.8 Å². The Morgan fingerprint density at radius 3 is 2.94 bits per heavy atom. The standard InChI is InChI=1S/C12H15BrN2S/c1-2-7-6-10(7)15-9-5-3-4-8(13)11(9)12(14)16/h3-5,7,10,15H,2,6H2,1H3,(H2,14,16). The molecule has 0 bridgehead atoms. The molecule has 0 spiro atoms. The maximum Gasteiger partial charge on any atom is 0.107 e. The first-order valence-electron chi connectivity index (χ1n) is 5.48. The van der Waals surface area contributed by atoms with Crippen LogP contribution >= 0.6 is 28.1 Å². The first-order valence-corrected chi connectivity index (χ1v) is 6.68. The minimum Gasteiger partial charge on any atom is -0.389 e. The summed E-state index contributed by atoms with van der Waals surface area (Å²) >= 11 is 8.56. The lowest BCUT2D eigenvalue weighted by atomic mass is 10.1.